The topological polar surface area (TPSA) is 58.3 Å². The highest BCUT2D eigenvalue weighted by Gasteiger charge is 2.35. The van der Waals surface area contributed by atoms with Gasteiger partial charge in [0.1, 0.15) is 5.82 Å². The average molecular weight is 494 g/mol. The van der Waals surface area contributed by atoms with E-state index in [9.17, 15) is 0 Å². The first-order valence-corrected chi connectivity index (χ1v) is 10.1. The Morgan fingerprint density at radius 2 is 1.79 bits per heavy atom. The summed E-state index contributed by atoms with van der Waals surface area (Å²) in [5.74, 6) is 4.55. The van der Waals surface area contributed by atoms with Gasteiger partial charge < -0.3 is 14.8 Å². The molecule has 0 radical (unpaired) electrons. The summed E-state index contributed by atoms with van der Waals surface area (Å²) in [5.41, 5.74) is 1.24. The third kappa shape index (κ3) is 4.85. The van der Waals surface area contributed by atoms with Gasteiger partial charge >= 0.3 is 0 Å². The van der Waals surface area contributed by atoms with E-state index in [0.29, 0.717) is 13.1 Å². The monoisotopic (exact) mass is 494 g/mol. The molecule has 2 unspecified atom stereocenters. The van der Waals surface area contributed by atoms with Crippen molar-refractivity contribution in [2.24, 2.45) is 23.9 Å². The molecule has 2 heterocycles. The first-order chi connectivity index (χ1) is 13.2. The van der Waals surface area contributed by atoms with Crippen molar-refractivity contribution in [3.8, 4) is 0 Å². The second-order valence-corrected chi connectivity index (χ2v) is 7.91. The summed E-state index contributed by atoms with van der Waals surface area (Å²) in [7, 11) is 2.01. The third-order valence-electron chi connectivity index (χ3n) is 6.12. The van der Waals surface area contributed by atoms with E-state index < -0.39 is 0 Å². The zero-order chi connectivity index (χ0) is 18.6. The molecule has 152 valence electrons. The molecule has 2 atom stereocenters. The summed E-state index contributed by atoms with van der Waals surface area (Å²) >= 11 is 0. The molecule has 6 nitrogen and oxygen atoms in total. The van der Waals surface area contributed by atoms with Crippen LogP contribution in [-0.2, 0) is 20.1 Å². The Bertz CT molecular complexity index is 773. The van der Waals surface area contributed by atoms with Crippen LogP contribution >= 0.6 is 24.0 Å². The molecular weight excluding hydrogens is 463 g/mol. The molecule has 1 aromatic heterocycles. The Labute approximate surface area is 184 Å². The number of halogens is 1. The highest BCUT2D eigenvalue weighted by Crippen LogP contribution is 2.36. The van der Waals surface area contributed by atoms with Crippen molar-refractivity contribution < 1.29 is 0 Å². The van der Waals surface area contributed by atoms with Crippen LogP contribution in [-0.4, -0.2) is 38.7 Å². The van der Waals surface area contributed by atoms with Crippen LogP contribution in [0.4, 0.5) is 0 Å². The molecule has 0 bridgehead atoms. The lowest BCUT2D eigenvalue weighted by atomic mass is 9.82. The van der Waals surface area contributed by atoms with E-state index in [4.69, 9.17) is 4.99 Å². The number of rotatable bonds is 4. The fraction of sp³-hybridized carbons (Fsp3) is 0.571. The Morgan fingerprint density at radius 1 is 1.11 bits per heavy atom. The molecule has 2 aliphatic rings. The summed E-state index contributed by atoms with van der Waals surface area (Å²) in [6.07, 6.45) is 5.51. The maximum absolute atomic E-state index is 4.96. The Hall–Kier alpha value is -1.64. The predicted octanol–water partition coefficient (Wildman–Crippen LogP) is 3.51. The predicted molar refractivity (Wildman–Crippen MR) is 123 cm³/mol. The van der Waals surface area contributed by atoms with Gasteiger partial charge in [-0.1, -0.05) is 43.2 Å². The fourth-order valence-corrected chi connectivity index (χ4v) is 4.36. The van der Waals surface area contributed by atoms with Crippen LogP contribution in [0.1, 0.15) is 42.9 Å². The summed E-state index contributed by atoms with van der Waals surface area (Å²) in [6.45, 7) is 5.59. The number of hydrogen-bond donors (Lipinski definition) is 1. The number of hydrogen-bond acceptors (Lipinski definition) is 3. The minimum absolute atomic E-state index is 0. The highest BCUT2D eigenvalue weighted by molar-refractivity contribution is 14.0. The number of fused-ring (bicyclic) bond motifs is 1. The maximum Gasteiger partial charge on any atom is 0.194 e. The van der Waals surface area contributed by atoms with Crippen molar-refractivity contribution in [1.82, 2.24) is 25.0 Å². The number of nitrogens with zero attached hydrogens (tertiary/aromatic N) is 5. The molecule has 1 N–H and O–H groups in total. The smallest absolute Gasteiger partial charge is 0.194 e. The van der Waals surface area contributed by atoms with Crippen molar-refractivity contribution in [1.29, 1.82) is 0 Å². The average Bonchev–Trinajstić information content (AvgIpc) is 3.27. The molecule has 1 aliphatic carbocycles. The highest BCUT2D eigenvalue weighted by atomic mass is 127. The molecule has 4 rings (SSSR count). The number of guanidine groups is 1. The number of aromatic nitrogens is 3. The van der Waals surface area contributed by atoms with Gasteiger partial charge in [-0.25, -0.2) is 4.99 Å². The number of likely N-dealkylation sites (tertiary alicyclic amines) is 1. The molecule has 0 amide bonds. The van der Waals surface area contributed by atoms with E-state index in [2.05, 4.69) is 44.7 Å². The second-order valence-electron chi connectivity index (χ2n) is 7.91. The van der Waals surface area contributed by atoms with Gasteiger partial charge in [0.05, 0.1) is 13.1 Å². The van der Waals surface area contributed by atoms with E-state index in [1.807, 2.05) is 24.6 Å². The van der Waals surface area contributed by atoms with Crippen LogP contribution in [0.3, 0.4) is 0 Å². The van der Waals surface area contributed by atoms with Crippen LogP contribution in [0.15, 0.2) is 35.3 Å². The van der Waals surface area contributed by atoms with Gasteiger partial charge in [0.2, 0.25) is 0 Å². The molecule has 0 spiro atoms. The second kappa shape index (κ2) is 9.71. The van der Waals surface area contributed by atoms with Crippen LogP contribution in [0, 0.1) is 18.8 Å². The molecule has 7 heteroatoms. The minimum atomic E-state index is 0. The van der Waals surface area contributed by atoms with E-state index in [1.54, 1.807) is 0 Å². The fourth-order valence-electron chi connectivity index (χ4n) is 4.36. The Balaban J connectivity index is 0.00000225. The molecule has 1 saturated carbocycles. The van der Waals surface area contributed by atoms with Crippen LogP contribution in [0.2, 0.25) is 0 Å². The van der Waals surface area contributed by atoms with E-state index in [1.165, 1.54) is 31.2 Å². The number of nitrogens with one attached hydrogen (secondary N) is 1. The number of aryl methyl sites for hydroxylation is 1. The quantitative estimate of drug-likeness (QED) is 0.402. The van der Waals surface area contributed by atoms with Gasteiger partial charge in [-0.3, -0.25) is 0 Å². The van der Waals surface area contributed by atoms with Crippen LogP contribution in [0.25, 0.3) is 0 Å². The van der Waals surface area contributed by atoms with Crippen molar-refractivity contribution in [2.45, 2.75) is 45.7 Å². The van der Waals surface area contributed by atoms with Crippen LogP contribution in [0.5, 0.6) is 0 Å². The zero-order valence-corrected chi connectivity index (χ0v) is 19.2. The van der Waals surface area contributed by atoms with Crippen molar-refractivity contribution in [2.75, 3.05) is 13.1 Å². The zero-order valence-electron chi connectivity index (χ0n) is 16.8. The van der Waals surface area contributed by atoms with Crippen molar-refractivity contribution in [3.63, 3.8) is 0 Å². The van der Waals surface area contributed by atoms with E-state index in [0.717, 1.165) is 42.5 Å². The molecule has 1 aliphatic heterocycles. The lowest BCUT2D eigenvalue weighted by Crippen LogP contribution is -2.40. The molecule has 1 aromatic carbocycles. The number of aliphatic imine (C=N–C) groups is 1. The van der Waals surface area contributed by atoms with Gasteiger partial charge in [0.25, 0.3) is 0 Å². The van der Waals surface area contributed by atoms with Gasteiger partial charge in [0.15, 0.2) is 11.8 Å². The lowest BCUT2D eigenvalue weighted by Gasteiger charge is -2.22. The number of benzene rings is 1. The van der Waals surface area contributed by atoms with Gasteiger partial charge in [-0.2, -0.15) is 0 Å². The van der Waals surface area contributed by atoms with Crippen molar-refractivity contribution >= 4 is 29.9 Å². The normalized spacial score (nSPS) is 21.9. The maximum atomic E-state index is 4.96. The molecule has 1 saturated heterocycles. The largest absolute Gasteiger partial charge is 0.349 e. The molecule has 28 heavy (non-hydrogen) atoms. The standard InChI is InChI=1S/C21H30N6.HI/c1-16-24-25-20(26(16)2)13-23-21(22-12-17-8-4-3-5-9-17)27-14-18-10-6-7-11-19(18)15-27;/h3-5,8-9,18-19H,6-7,10-15H2,1-2H3,(H,22,23);1H. The lowest BCUT2D eigenvalue weighted by molar-refractivity contribution is 0.299. The van der Waals surface area contributed by atoms with E-state index >= 15 is 0 Å². The molecule has 2 fully saturated rings. The first-order valence-electron chi connectivity index (χ1n) is 10.1. The summed E-state index contributed by atoms with van der Waals surface area (Å²) < 4.78 is 2.03. The molecular formula is C21H31IN6. The SMILES string of the molecule is Cc1nnc(CNC(=NCc2ccccc2)N2CC3CCCCC3C2)n1C.I. The van der Waals surface area contributed by atoms with Gasteiger partial charge in [-0.05, 0) is 37.2 Å². The minimum Gasteiger partial charge on any atom is -0.349 e. The summed E-state index contributed by atoms with van der Waals surface area (Å²) in [4.78, 5) is 7.42. The Morgan fingerprint density at radius 3 is 2.39 bits per heavy atom. The van der Waals surface area contributed by atoms with Crippen molar-refractivity contribution in [3.05, 3.63) is 47.5 Å². The molecule has 2 aromatic rings. The Kier molecular flexibility index (Phi) is 7.31. The van der Waals surface area contributed by atoms with Gasteiger partial charge in [-0.15, -0.1) is 34.2 Å². The summed E-state index contributed by atoms with van der Waals surface area (Å²) in [6, 6.07) is 10.5. The van der Waals surface area contributed by atoms with E-state index in [-0.39, 0.29) is 24.0 Å². The van der Waals surface area contributed by atoms with Gasteiger partial charge in [0, 0.05) is 20.1 Å². The first kappa shape index (κ1) is 21.1. The van der Waals surface area contributed by atoms with Crippen LogP contribution < -0.4 is 5.32 Å². The summed E-state index contributed by atoms with van der Waals surface area (Å²) in [5, 5.41) is 12.0. The third-order valence-corrected chi connectivity index (χ3v) is 6.12.